The minimum absolute atomic E-state index is 0.0572. The molecule has 1 fully saturated rings. The first-order chi connectivity index (χ1) is 14.6. The Morgan fingerprint density at radius 1 is 1.32 bits per heavy atom. The zero-order valence-electron chi connectivity index (χ0n) is 16.9. The summed E-state index contributed by atoms with van der Waals surface area (Å²) in [6.07, 6.45) is -2.36. The van der Waals surface area contributed by atoms with Crippen molar-refractivity contribution in [1.82, 2.24) is 24.9 Å². The first-order valence-electron chi connectivity index (χ1n) is 9.80. The number of hydrogen-bond acceptors (Lipinski definition) is 4. The van der Waals surface area contributed by atoms with E-state index in [1.165, 1.54) is 24.1 Å². The van der Waals surface area contributed by atoms with Crippen LogP contribution in [0.2, 0.25) is 0 Å². The van der Waals surface area contributed by atoms with Gasteiger partial charge in [-0.05, 0) is 24.6 Å². The largest absolute Gasteiger partial charge is 0.489 e. The van der Waals surface area contributed by atoms with Crippen molar-refractivity contribution in [3.05, 3.63) is 30.5 Å². The fourth-order valence-corrected chi connectivity index (χ4v) is 3.65. The zero-order valence-corrected chi connectivity index (χ0v) is 16.9. The Kier molecular flexibility index (Phi) is 5.36. The number of rotatable bonds is 6. The number of nitrogens with one attached hydrogen (secondary N) is 1. The molecule has 1 N–H and O–H groups in total. The lowest BCUT2D eigenvalue weighted by molar-refractivity contribution is -0.137. The predicted molar refractivity (Wildman–Crippen MR) is 104 cm³/mol. The summed E-state index contributed by atoms with van der Waals surface area (Å²) in [5, 5.41) is 11.1. The number of fused-ring (bicyclic) bond motifs is 1. The summed E-state index contributed by atoms with van der Waals surface area (Å²) in [7, 11) is 1.47. The van der Waals surface area contributed by atoms with E-state index in [0.717, 1.165) is 4.68 Å². The van der Waals surface area contributed by atoms with E-state index in [9.17, 15) is 22.4 Å². The summed E-state index contributed by atoms with van der Waals surface area (Å²) in [6, 6.07) is 3.26. The number of benzene rings is 1. The van der Waals surface area contributed by atoms with Crippen LogP contribution < -0.4 is 10.1 Å². The highest BCUT2D eigenvalue weighted by Gasteiger charge is 2.29. The van der Waals surface area contributed by atoms with Gasteiger partial charge in [-0.3, -0.25) is 9.48 Å². The molecule has 11 heteroatoms. The lowest BCUT2D eigenvalue weighted by Gasteiger charge is -2.20. The van der Waals surface area contributed by atoms with Crippen molar-refractivity contribution in [3.63, 3.8) is 0 Å². The van der Waals surface area contributed by atoms with Gasteiger partial charge in [-0.2, -0.15) is 27.8 Å². The summed E-state index contributed by atoms with van der Waals surface area (Å²) in [5.74, 6) is -0.424. The molecule has 0 aliphatic carbocycles. The highest BCUT2D eigenvalue weighted by atomic mass is 19.4. The van der Waals surface area contributed by atoms with Crippen LogP contribution >= 0.6 is 0 Å². The van der Waals surface area contributed by atoms with E-state index in [0.29, 0.717) is 29.6 Å². The fraction of sp³-hybridized carbons (Fsp3) is 0.450. The molecule has 166 valence electrons. The van der Waals surface area contributed by atoms with E-state index in [-0.39, 0.29) is 35.6 Å². The standard InChI is InChI=1S/C20H21F4N5O2/c1-11(13-7-17(30)25-8-13)31-16-6-12(5-15-18(16)19(21)28(2)27-15)14-9-26-29(10-14)4-3-20(22,23)24/h5-6,9-11,13H,3-4,7-8H2,1-2H3,(H,25,30)/t11-,13-/m1/s1. The Morgan fingerprint density at radius 3 is 2.77 bits per heavy atom. The topological polar surface area (TPSA) is 74.0 Å². The van der Waals surface area contributed by atoms with Crippen LogP contribution in [-0.2, 0) is 18.4 Å². The SMILES string of the molecule is C[C@@H](Oc1cc(-c2cnn(CCC(F)(F)F)c2)cc2nn(C)c(F)c12)[C@H]1CNC(=O)C1. The second-order valence-electron chi connectivity index (χ2n) is 7.73. The first-order valence-corrected chi connectivity index (χ1v) is 9.80. The minimum Gasteiger partial charge on any atom is -0.489 e. The van der Waals surface area contributed by atoms with Gasteiger partial charge >= 0.3 is 6.18 Å². The van der Waals surface area contributed by atoms with Crippen molar-refractivity contribution in [2.24, 2.45) is 13.0 Å². The van der Waals surface area contributed by atoms with Crippen LogP contribution in [0.25, 0.3) is 22.0 Å². The van der Waals surface area contributed by atoms with Gasteiger partial charge in [0.15, 0.2) is 0 Å². The number of aryl methyl sites for hydroxylation is 2. The lowest BCUT2D eigenvalue weighted by atomic mass is 10.0. The molecule has 7 nitrogen and oxygen atoms in total. The molecule has 1 aromatic carbocycles. The molecule has 3 heterocycles. The van der Waals surface area contributed by atoms with Crippen molar-refractivity contribution >= 4 is 16.8 Å². The molecule has 3 aromatic rings. The number of ether oxygens (including phenoxy) is 1. The summed E-state index contributed by atoms with van der Waals surface area (Å²) in [5.41, 5.74) is 1.50. The molecular weight excluding hydrogens is 418 g/mol. The number of alkyl halides is 3. The Balaban J connectivity index is 1.66. The first kappa shape index (κ1) is 21.1. The van der Waals surface area contributed by atoms with Gasteiger partial charge in [0, 0.05) is 44.2 Å². The molecular formula is C20H21F4N5O2. The summed E-state index contributed by atoms with van der Waals surface area (Å²) in [6.45, 7) is 1.99. The summed E-state index contributed by atoms with van der Waals surface area (Å²) in [4.78, 5) is 11.5. The zero-order chi connectivity index (χ0) is 22.3. The Hall–Kier alpha value is -3.11. The van der Waals surface area contributed by atoms with Gasteiger partial charge in [-0.15, -0.1) is 0 Å². The number of halogens is 4. The predicted octanol–water partition coefficient (Wildman–Crippen LogP) is 3.43. The number of hydrogen-bond donors (Lipinski definition) is 1. The van der Waals surface area contributed by atoms with Crippen molar-refractivity contribution < 1.29 is 27.1 Å². The molecule has 0 bridgehead atoms. The van der Waals surface area contributed by atoms with E-state index in [4.69, 9.17) is 4.74 Å². The van der Waals surface area contributed by atoms with Crippen LogP contribution in [0.1, 0.15) is 19.8 Å². The molecule has 2 atom stereocenters. The molecule has 1 amide bonds. The average molecular weight is 439 g/mol. The second-order valence-corrected chi connectivity index (χ2v) is 7.73. The van der Waals surface area contributed by atoms with Gasteiger partial charge < -0.3 is 10.1 Å². The van der Waals surface area contributed by atoms with Gasteiger partial charge in [0.25, 0.3) is 0 Å². The monoisotopic (exact) mass is 439 g/mol. The minimum atomic E-state index is -4.27. The van der Waals surface area contributed by atoms with Crippen LogP contribution in [0.15, 0.2) is 24.5 Å². The Morgan fingerprint density at radius 2 is 2.10 bits per heavy atom. The fourth-order valence-electron chi connectivity index (χ4n) is 3.65. The highest BCUT2D eigenvalue weighted by molar-refractivity contribution is 5.90. The van der Waals surface area contributed by atoms with E-state index in [1.807, 2.05) is 6.92 Å². The number of carbonyl (C=O) groups is 1. The molecule has 0 radical (unpaired) electrons. The maximum absolute atomic E-state index is 14.7. The Labute approximate surface area is 175 Å². The summed E-state index contributed by atoms with van der Waals surface area (Å²) < 4.78 is 60.5. The van der Waals surface area contributed by atoms with E-state index in [2.05, 4.69) is 15.5 Å². The molecule has 1 saturated heterocycles. The number of carbonyl (C=O) groups excluding carboxylic acids is 1. The van der Waals surface area contributed by atoms with Gasteiger partial charge in [0.05, 0.1) is 23.5 Å². The third kappa shape index (κ3) is 4.49. The molecule has 31 heavy (non-hydrogen) atoms. The van der Waals surface area contributed by atoms with Crippen molar-refractivity contribution in [2.45, 2.75) is 38.6 Å². The van der Waals surface area contributed by atoms with E-state index >= 15 is 0 Å². The third-order valence-corrected chi connectivity index (χ3v) is 5.41. The van der Waals surface area contributed by atoms with Crippen molar-refractivity contribution in [3.8, 4) is 16.9 Å². The molecule has 0 spiro atoms. The van der Waals surface area contributed by atoms with Gasteiger partial charge in [-0.1, -0.05) is 0 Å². The van der Waals surface area contributed by atoms with Crippen molar-refractivity contribution in [1.29, 1.82) is 0 Å². The highest BCUT2D eigenvalue weighted by Crippen LogP contribution is 2.35. The van der Waals surface area contributed by atoms with Crippen LogP contribution in [0.3, 0.4) is 0 Å². The van der Waals surface area contributed by atoms with Gasteiger partial charge in [0.1, 0.15) is 11.9 Å². The molecule has 0 unspecified atom stereocenters. The van der Waals surface area contributed by atoms with Crippen LogP contribution in [-0.4, -0.2) is 44.3 Å². The normalized spacial score (nSPS) is 17.9. The smallest absolute Gasteiger partial charge is 0.390 e. The lowest BCUT2D eigenvalue weighted by Crippen LogP contribution is -2.25. The van der Waals surface area contributed by atoms with Crippen LogP contribution in [0.4, 0.5) is 17.6 Å². The molecule has 0 saturated carbocycles. The Bertz CT molecular complexity index is 1120. The summed E-state index contributed by atoms with van der Waals surface area (Å²) >= 11 is 0. The van der Waals surface area contributed by atoms with E-state index in [1.54, 1.807) is 12.1 Å². The second kappa shape index (κ2) is 7.86. The number of nitrogens with zero attached hydrogens (tertiary/aromatic N) is 4. The average Bonchev–Trinajstić information content (AvgIpc) is 3.39. The number of aromatic nitrogens is 4. The van der Waals surface area contributed by atoms with E-state index < -0.39 is 18.5 Å². The third-order valence-electron chi connectivity index (χ3n) is 5.41. The molecule has 2 aromatic heterocycles. The quantitative estimate of drug-likeness (QED) is 0.598. The molecule has 1 aliphatic heterocycles. The van der Waals surface area contributed by atoms with Crippen molar-refractivity contribution in [2.75, 3.05) is 6.54 Å². The maximum Gasteiger partial charge on any atom is 0.390 e. The van der Waals surface area contributed by atoms with Crippen LogP contribution in [0, 0.1) is 11.9 Å². The van der Waals surface area contributed by atoms with Crippen LogP contribution in [0.5, 0.6) is 5.75 Å². The number of amides is 1. The van der Waals surface area contributed by atoms with Gasteiger partial charge in [0.2, 0.25) is 11.9 Å². The van der Waals surface area contributed by atoms with Gasteiger partial charge in [-0.25, -0.2) is 4.68 Å². The maximum atomic E-state index is 14.7. The molecule has 4 rings (SSSR count). The molecule has 1 aliphatic rings.